The maximum absolute atomic E-state index is 5.46. The molecule has 0 radical (unpaired) electrons. The Labute approximate surface area is 118 Å². The minimum atomic E-state index is 0.744. The molecule has 0 saturated carbocycles. The van der Waals surface area contributed by atoms with Gasteiger partial charge in [-0.2, -0.15) is 5.10 Å². The number of nitrogens with one attached hydrogen (secondary N) is 1. The van der Waals surface area contributed by atoms with Crippen LogP contribution in [-0.4, -0.2) is 26.3 Å². The zero-order valence-corrected chi connectivity index (χ0v) is 11.7. The first-order valence-corrected chi connectivity index (χ1v) is 6.75. The molecule has 1 N–H and O–H groups in total. The summed E-state index contributed by atoms with van der Waals surface area (Å²) in [5.74, 6) is 0.798. The summed E-state index contributed by atoms with van der Waals surface area (Å²) < 4.78 is 1.76. The Morgan fingerprint density at radius 3 is 2.79 bits per heavy atom. The Kier molecular flexibility index (Phi) is 3.21. The van der Waals surface area contributed by atoms with Crippen LogP contribution in [0.3, 0.4) is 0 Å². The lowest BCUT2D eigenvalue weighted by atomic mass is 10.0. The normalized spacial score (nSPS) is 14.1. The van der Waals surface area contributed by atoms with Gasteiger partial charge in [-0.3, -0.25) is 4.68 Å². The van der Waals surface area contributed by atoms with Gasteiger partial charge in [0.15, 0.2) is 10.9 Å². The second-order valence-corrected chi connectivity index (χ2v) is 5.13. The fraction of sp³-hybridized carbons (Fsp3) is 0.286. The van der Waals surface area contributed by atoms with Crippen molar-refractivity contribution in [2.75, 3.05) is 11.9 Å². The third-order valence-corrected chi connectivity index (χ3v) is 3.73. The van der Waals surface area contributed by atoms with Gasteiger partial charge in [0.05, 0.1) is 0 Å². The zero-order valence-electron chi connectivity index (χ0n) is 10.8. The van der Waals surface area contributed by atoms with Crippen molar-refractivity contribution in [2.45, 2.75) is 13.0 Å². The minimum Gasteiger partial charge on any atom is -0.344 e. The summed E-state index contributed by atoms with van der Waals surface area (Å²) in [5, 5.41) is 8.21. The molecule has 98 valence electrons. The van der Waals surface area contributed by atoms with Crippen LogP contribution in [0.5, 0.6) is 0 Å². The maximum Gasteiger partial charge on any atom is 0.174 e. The predicted molar refractivity (Wildman–Crippen MR) is 80.0 cm³/mol. The zero-order chi connectivity index (χ0) is 13.2. The lowest BCUT2D eigenvalue weighted by Gasteiger charge is -2.30. The highest BCUT2D eigenvalue weighted by atomic mass is 32.1. The molecule has 0 aliphatic carbocycles. The fourth-order valence-electron chi connectivity index (χ4n) is 2.34. The van der Waals surface area contributed by atoms with E-state index in [4.69, 9.17) is 12.2 Å². The van der Waals surface area contributed by atoms with Crippen LogP contribution in [0.2, 0.25) is 0 Å². The summed E-state index contributed by atoms with van der Waals surface area (Å²) in [5.41, 5.74) is 2.79. The van der Waals surface area contributed by atoms with Crippen molar-refractivity contribution in [3.8, 4) is 0 Å². The molecular formula is C14H16N4S. The van der Waals surface area contributed by atoms with Gasteiger partial charge in [-0.05, 0) is 29.8 Å². The third kappa shape index (κ3) is 2.61. The monoisotopic (exact) mass is 272 g/mol. The van der Waals surface area contributed by atoms with Crippen LogP contribution in [0.4, 0.5) is 5.82 Å². The topological polar surface area (TPSA) is 33.1 Å². The SMILES string of the molecule is Cn1ccc(NC(=S)N2CCc3ccccc3C2)n1. The first-order chi connectivity index (χ1) is 9.22. The Bertz CT molecular complexity index is 605. The average Bonchev–Trinajstić information content (AvgIpc) is 2.83. The summed E-state index contributed by atoms with van der Waals surface area (Å²) in [6.07, 6.45) is 2.94. The van der Waals surface area contributed by atoms with Gasteiger partial charge in [0, 0.05) is 32.4 Å². The van der Waals surface area contributed by atoms with E-state index in [0.717, 1.165) is 30.4 Å². The Morgan fingerprint density at radius 1 is 1.26 bits per heavy atom. The van der Waals surface area contributed by atoms with Gasteiger partial charge >= 0.3 is 0 Å². The maximum atomic E-state index is 5.46. The highest BCUT2D eigenvalue weighted by molar-refractivity contribution is 7.80. The van der Waals surface area contributed by atoms with Crippen LogP contribution in [0, 0.1) is 0 Å². The largest absolute Gasteiger partial charge is 0.344 e. The summed E-state index contributed by atoms with van der Waals surface area (Å²) >= 11 is 5.46. The first kappa shape index (κ1) is 12.2. The first-order valence-electron chi connectivity index (χ1n) is 6.35. The van der Waals surface area contributed by atoms with E-state index in [9.17, 15) is 0 Å². The van der Waals surface area contributed by atoms with Crippen LogP contribution < -0.4 is 5.32 Å². The summed E-state index contributed by atoms with van der Waals surface area (Å²) in [7, 11) is 1.89. The van der Waals surface area contributed by atoms with E-state index < -0.39 is 0 Å². The summed E-state index contributed by atoms with van der Waals surface area (Å²) in [6.45, 7) is 1.82. The Morgan fingerprint density at radius 2 is 2.05 bits per heavy atom. The average molecular weight is 272 g/mol. The summed E-state index contributed by atoms with van der Waals surface area (Å²) in [6, 6.07) is 10.5. The summed E-state index contributed by atoms with van der Waals surface area (Å²) in [4.78, 5) is 2.19. The molecule has 0 bridgehead atoms. The molecule has 1 aliphatic heterocycles. The quantitative estimate of drug-likeness (QED) is 0.807. The van der Waals surface area contributed by atoms with E-state index in [1.165, 1.54) is 11.1 Å². The number of aromatic nitrogens is 2. The van der Waals surface area contributed by atoms with Crippen molar-refractivity contribution in [1.82, 2.24) is 14.7 Å². The van der Waals surface area contributed by atoms with Crippen LogP contribution >= 0.6 is 12.2 Å². The number of thiocarbonyl (C=S) groups is 1. The smallest absolute Gasteiger partial charge is 0.174 e. The second-order valence-electron chi connectivity index (χ2n) is 4.75. The minimum absolute atomic E-state index is 0.744. The van der Waals surface area contributed by atoms with Gasteiger partial charge in [-0.25, -0.2) is 0 Å². The number of rotatable bonds is 1. The van der Waals surface area contributed by atoms with Gasteiger partial charge in [-0.15, -0.1) is 0 Å². The van der Waals surface area contributed by atoms with E-state index >= 15 is 0 Å². The van der Waals surface area contributed by atoms with E-state index in [2.05, 4.69) is 39.6 Å². The van der Waals surface area contributed by atoms with E-state index in [0.29, 0.717) is 0 Å². The molecule has 19 heavy (non-hydrogen) atoms. The molecule has 3 rings (SSSR count). The molecular weight excluding hydrogens is 256 g/mol. The molecule has 1 aliphatic rings. The molecule has 5 heteroatoms. The van der Waals surface area contributed by atoms with E-state index in [-0.39, 0.29) is 0 Å². The molecule has 2 aromatic rings. The lowest BCUT2D eigenvalue weighted by Crippen LogP contribution is -2.38. The molecule has 4 nitrogen and oxygen atoms in total. The van der Waals surface area contributed by atoms with Crippen molar-refractivity contribution in [3.63, 3.8) is 0 Å². The van der Waals surface area contributed by atoms with Gasteiger partial charge in [-0.1, -0.05) is 24.3 Å². The van der Waals surface area contributed by atoms with Gasteiger partial charge < -0.3 is 10.2 Å². The molecule has 0 fully saturated rings. The van der Waals surface area contributed by atoms with Gasteiger partial charge in [0.1, 0.15) is 0 Å². The third-order valence-electron chi connectivity index (χ3n) is 3.37. The second kappa shape index (κ2) is 5.01. The number of anilines is 1. The molecule has 0 spiro atoms. The molecule has 1 aromatic carbocycles. The van der Waals surface area contributed by atoms with E-state index in [1.54, 1.807) is 4.68 Å². The molecule has 2 heterocycles. The van der Waals surface area contributed by atoms with Crippen LogP contribution in [0.25, 0.3) is 0 Å². The number of hydrogen-bond donors (Lipinski definition) is 1. The van der Waals surface area contributed by atoms with E-state index in [1.807, 2.05) is 19.3 Å². The van der Waals surface area contributed by atoms with Crippen molar-refractivity contribution in [3.05, 3.63) is 47.7 Å². The Balaban J connectivity index is 1.69. The molecule has 1 aromatic heterocycles. The highest BCUT2D eigenvalue weighted by Crippen LogP contribution is 2.19. The van der Waals surface area contributed by atoms with Crippen LogP contribution in [-0.2, 0) is 20.0 Å². The van der Waals surface area contributed by atoms with Crippen LogP contribution in [0.15, 0.2) is 36.5 Å². The standard InChI is InChI=1S/C14H16N4S/c1-17-8-7-13(16-17)15-14(19)18-9-6-11-4-2-3-5-12(11)10-18/h2-5,7-8H,6,9-10H2,1H3,(H,15,16,19). The molecule has 0 saturated heterocycles. The Hall–Kier alpha value is -1.88. The predicted octanol–water partition coefficient (Wildman–Crippen LogP) is 2.18. The fourth-order valence-corrected chi connectivity index (χ4v) is 2.60. The highest BCUT2D eigenvalue weighted by Gasteiger charge is 2.18. The lowest BCUT2D eigenvalue weighted by molar-refractivity contribution is 0.399. The molecule has 0 atom stereocenters. The van der Waals surface area contributed by atoms with Crippen molar-refractivity contribution in [1.29, 1.82) is 0 Å². The van der Waals surface area contributed by atoms with Gasteiger partial charge in [0.2, 0.25) is 0 Å². The molecule has 0 unspecified atom stereocenters. The van der Waals surface area contributed by atoms with Gasteiger partial charge in [0.25, 0.3) is 0 Å². The van der Waals surface area contributed by atoms with Crippen LogP contribution in [0.1, 0.15) is 11.1 Å². The number of benzene rings is 1. The number of hydrogen-bond acceptors (Lipinski definition) is 2. The van der Waals surface area contributed by atoms with Crippen molar-refractivity contribution >= 4 is 23.1 Å². The van der Waals surface area contributed by atoms with Crippen molar-refractivity contribution < 1.29 is 0 Å². The number of nitrogens with zero attached hydrogens (tertiary/aromatic N) is 3. The molecule has 0 amide bonds. The van der Waals surface area contributed by atoms with Crippen molar-refractivity contribution in [2.24, 2.45) is 7.05 Å². The number of fused-ring (bicyclic) bond motifs is 1. The number of aryl methyl sites for hydroxylation is 1.